The molecule has 0 aliphatic rings. The molecule has 2 N–H and O–H groups in total. The average Bonchev–Trinajstić information content (AvgIpc) is 2.54. The van der Waals surface area contributed by atoms with Gasteiger partial charge in [-0.1, -0.05) is 50.3 Å². The third kappa shape index (κ3) is 3.97. The predicted molar refractivity (Wildman–Crippen MR) is 87.7 cm³/mol. The van der Waals surface area contributed by atoms with E-state index in [4.69, 9.17) is 0 Å². The van der Waals surface area contributed by atoms with E-state index in [1.165, 1.54) is 0 Å². The van der Waals surface area contributed by atoms with Crippen LogP contribution in [0.4, 0.5) is 0 Å². The number of aliphatic carboxylic acids is 1. The van der Waals surface area contributed by atoms with E-state index < -0.39 is 17.4 Å². The van der Waals surface area contributed by atoms with Crippen LogP contribution in [0.1, 0.15) is 45.1 Å². The third-order valence-electron chi connectivity index (χ3n) is 4.23. The number of hydrogen-bond acceptors (Lipinski definition) is 2. The van der Waals surface area contributed by atoms with Crippen LogP contribution >= 0.6 is 0 Å². The molecule has 0 aliphatic heterocycles. The number of carbonyl (C=O) groups is 2. The normalized spacial score (nSPS) is 12.5. The zero-order valence-corrected chi connectivity index (χ0v) is 13.3. The summed E-state index contributed by atoms with van der Waals surface area (Å²) in [6, 6.07) is 8.66. The first-order valence-corrected chi connectivity index (χ1v) is 7.72. The fourth-order valence-electron chi connectivity index (χ4n) is 2.71. The zero-order chi connectivity index (χ0) is 16.6. The molecule has 1 amide bonds. The predicted octanol–water partition coefficient (Wildman–Crippen LogP) is 3.28. The Hall–Kier alpha value is -2.10. The fraction of sp³-hybridized carbons (Fsp3) is 0.444. The summed E-state index contributed by atoms with van der Waals surface area (Å²) in [5.74, 6) is -1.23. The maximum Gasteiger partial charge on any atom is 0.326 e. The molecule has 0 saturated heterocycles. The molecule has 4 heteroatoms. The van der Waals surface area contributed by atoms with Gasteiger partial charge in [-0.05, 0) is 31.2 Å². The van der Waals surface area contributed by atoms with Crippen molar-refractivity contribution in [3.05, 3.63) is 48.6 Å². The molecule has 1 aromatic rings. The molecule has 1 aromatic carbocycles. The van der Waals surface area contributed by atoms with Crippen molar-refractivity contribution in [1.82, 2.24) is 5.32 Å². The Balaban J connectivity index is 3.03. The second-order valence-corrected chi connectivity index (χ2v) is 5.39. The van der Waals surface area contributed by atoms with Crippen molar-refractivity contribution in [3.63, 3.8) is 0 Å². The summed E-state index contributed by atoms with van der Waals surface area (Å²) >= 11 is 0. The Kier molecular flexibility index (Phi) is 6.83. The summed E-state index contributed by atoms with van der Waals surface area (Å²) < 4.78 is 0. The molecule has 22 heavy (non-hydrogen) atoms. The van der Waals surface area contributed by atoms with E-state index in [0.717, 1.165) is 5.56 Å². The topological polar surface area (TPSA) is 66.4 Å². The van der Waals surface area contributed by atoms with Gasteiger partial charge < -0.3 is 10.4 Å². The molecule has 0 aromatic heterocycles. The van der Waals surface area contributed by atoms with E-state index in [1.807, 2.05) is 44.2 Å². The standard InChI is InChI=1S/C18H25NO3/c1-4-7-13-15(16(20)21)19-17(22)18(5-2,6-3)14-11-9-8-10-12-14/h4,8-12,15H,1,5-7,13H2,2-3H3,(H,19,22)(H,20,21). The summed E-state index contributed by atoms with van der Waals surface area (Å²) in [6.07, 6.45) is 3.79. The number of carboxylic acid groups (broad SMARTS) is 1. The monoisotopic (exact) mass is 303 g/mol. The minimum absolute atomic E-state index is 0.222. The summed E-state index contributed by atoms with van der Waals surface area (Å²) in [6.45, 7) is 7.50. The number of allylic oxidation sites excluding steroid dienone is 1. The van der Waals surface area contributed by atoms with Crippen LogP contribution in [0.3, 0.4) is 0 Å². The van der Waals surface area contributed by atoms with Gasteiger partial charge in [0.05, 0.1) is 5.41 Å². The van der Waals surface area contributed by atoms with Gasteiger partial charge in [0.1, 0.15) is 6.04 Å². The van der Waals surface area contributed by atoms with Crippen molar-refractivity contribution in [2.24, 2.45) is 0 Å². The molecular formula is C18H25NO3. The first-order chi connectivity index (χ1) is 10.5. The van der Waals surface area contributed by atoms with Gasteiger partial charge in [-0.3, -0.25) is 4.79 Å². The lowest BCUT2D eigenvalue weighted by atomic mass is 9.75. The summed E-state index contributed by atoms with van der Waals surface area (Å²) in [7, 11) is 0. The summed E-state index contributed by atoms with van der Waals surface area (Å²) in [5.41, 5.74) is 0.230. The Bertz CT molecular complexity index is 506. The Labute approximate surface area is 132 Å². The van der Waals surface area contributed by atoms with Gasteiger partial charge in [0, 0.05) is 0 Å². The van der Waals surface area contributed by atoms with Gasteiger partial charge in [0.2, 0.25) is 5.91 Å². The molecular weight excluding hydrogens is 278 g/mol. The second kappa shape index (κ2) is 8.37. The molecule has 120 valence electrons. The lowest BCUT2D eigenvalue weighted by Crippen LogP contribution is -2.50. The number of rotatable bonds is 9. The minimum atomic E-state index is -1.01. The summed E-state index contributed by atoms with van der Waals surface area (Å²) in [5, 5.41) is 12.0. The molecule has 0 saturated carbocycles. The first kappa shape index (κ1) is 18.0. The van der Waals surface area contributed by atoms with E-state index in [-0.39, 0.29) is 5.91 Å². The zero-order valence-electron chi connectivity index (χ0n) is 13.3. The molecule has 1 unspecified atom stereocenters. The molecule has 4 nitrogen and oxygen atoms in total. The van der Waals surface area contributed by atoms with Crippen LogP contribution in [0.5, 0.6) is 0 Å². The van der Waals surface area contributed by atoms with Crippen LogP contribution in [0.2, 0.25) is 0 Å². The molecule has 0 fully saturated rings. The Morgan fingerprint density at radius 2 is 1.86 bits per heavy atom. The first-order valence-electron chi connectivity index (χ1n) is 7.72. The molecule has 0 bridgehead atoms. The Morgan fingerprint density at radius 1 is 1.27 bits per heavy atom. The highest BCUT2D eigenvalue weighted by molar-refractivity contribution is 5.91. The maximum atomic E-state index is 12.8. The van der Waals surface area contributed by atoms with Crippen molar-refractivity contribution >= 4 is 11.9 Å². The van der Waals surface area contributed by atoms with E-state index in [9.17, 15) is 14.7 Å². The van der Waals surface area contributed by atoms with Gasteiger partial charge in [0.15, 0.2) is 0 Å². The Morgan fingerprint density at radius 3 is 2.32 bits per heavy atom. The largest absolute Gasteiger partial charge is 0.480 e. The minimum Gasteiger partial charge on any atom is -0.480 e. The van der Waals surface area contributed by atoms with Crippen LogP contribution in [0.25, 0.3) is 0 Å². The second-order valence-electron chi connectivity index (χ2n) is 5.39. The number of benzene rings is 1. The highest BCUT2D eigenvalue weighted by atomic mass is 16.4. The van der Waals surface area contributed by atoms with Gasteiger partial charge in [0.25, 0.3) is 0 Å². The van der Waals surface area contributed by atoms with Crippen LogP contribution < -0.4 is 5.32 Å². The SMILES string of the molecule is C=CCCC(NC(=O)C(CC)(CC)c1ccccc1)C(=O)O. The number of nitrogens with one attached hydrogen (secondary N) is 1. The third-order valence-corrected chi connectivity index (χ3v) is 4.23. The van der Waals surface area contributed by atoms with Crippen molar-refractivity contribution in [1.29, 1.82) is 0 Å². The molecule has 0 radical (unpaired) electrons. The number of hydrogen-bond donors (Lipinski definition) is 2. The van der Waals surface area contributed by atoms with Crippen molar-refractivity contribution in [3.8, 4) is 0 Å². The number of amides is 1. The van der Waals surface area contributed by atoms with E-state index in [0.29, 0.717) is 25.7 Å². The van der Waals surface area contributed by atoms with Gasteiger partial charge in [-0.2, -0.15) is 0 Å². The van der Waals surface area contributed by atoms with Crippen LogP contribution in [-0.2, 0) is 15.0 Å². The molecule has 0 aliphatic carbocycles. The highest BCUT2D eigenvalue weighted by Crippen LogP contribution is 2.32. The molecule has 1 rings (SSSR count). The fourth-order valence-corrected chi connectivity index (χ4v) is 2.71. The van der Waals surface area contributed by atoms with Crippen LogP contribution in [-0.4, -0.2) is 23.0 Å². The lowest BCUT2D eigenvalue weighted by molar-refractivity contribution is -0.143. The number of carboxylic acids is 1. The number of carbonyl (C=O) groups excluding carboxylic acids is 1. The van der Waals surface area contributed by atoms with Crippen molar-refractivity contribution < 1.29 is 14.7 Å². The average molecular weight is 303 g/mol. The van der Waals surface area contributed by atoms with E-state index >= 15 is 0 Å². The molecule has 1 atom stereocenters. The molecule has 0 spiro atoms. The van der Waals surface area contributed by atoms with Crippen LogP contribution in [0, 0.1) is 0 Å². The summed E-state index contributed by atoms with van der Waals surface area (Å²) in [4.78, 5) is 24.1. The van der Waals surface area contributed by atoms with Crippen LogP contribution in [0.15, 0.2) is 43.0 Å². The van der Waals surface area contributed by atoms with Gasteiger partial charge in [-0.25, -0.2) is 4.79 Å². The van der Waals surface area contributed by atoms with E-state index in [1.54, 1.807) is 6.08 Å². The van der Waals surface area contributed by atoms with Gasteiger partial charge >= 0.3 is 5.97 Å². The smallest absolute Gasteiger partial charge is 0.326 e. The van der Waals surface area contributed by atoms with Gasteiger partial charge in [-0.15, -0.1) is 6.58 Å². The van der Waals surface area contributed by atoms with Crippen molar-refractivity contribution in [2.45, 2.75) is 51.0 Å². The van der Waals surface area contributed by atoms with E-state index in [2.05, 4.69) is 11.9 Å². The highest BCUT2D eigenvalue weighted by Gasteiger charge is 2.38. The maximum absolute atomic E-state index is 12.8. The quantitative estimate of drug-likeness (QED) is 0.688. The molecule has 0 heterocycles. The van der Waals surface area contributed by atoms with Crippen molar-refractivity contribution in [2.75, 3.05) is 0 Å². The lowest BCUT2D eigenvalue weighted by Gasteiger charge is -2.32.